The molecule has 1 amide bonds. The Morgan fingerprint density at radius 2 is 1.81 bits per heavy atom. The highest BCUT2D eigenvalue weighted by atomic mass is 32.2. The molecular formula is C23H28N2O5S. The number of hydrogen-bond acceptors (Lipinski definition) is 5. The average molecular weight is 445 g/mol. The topological polar surface area (TPSA) is 84.9 Å². The van der Waals surface area contributed by atoms with Crippen LogP contribution in [0.5, 0.6) is 11.5 Å². The van der Waals surface area contributed by atoms with E-state index in [0.29, 0.717) is 37.6 Å². The lowest BCUT2D eigenvalue weighted by molar-refractivity contribution is 0.0951. The molecule has 2 aromatic rings. The Labute approximate surface area is 184 Å². The number of nitrogens with one attached hydrogen (secondary N) is 1. The Hall–Kier alpha value is -3.02. The number of sulfonamides is 1. The lowest BCUT2D eigenvalue weighted by Crippen LogP contribution is -2.31. The van der Waals surface area contributed by atoms with Crippen molar-refractivity contribution in [3.8, 4) is 23.8 Å². The summed E-state index contributed by atoms with van der Waals surface area (Å²) in [6.45, 7) is 4.82. The van der Waals surface area contributed by atoms with Gasteiger partial charge in [0.15, 0.2) is 0 Å². The van der Waals surface area contributed by atoms with Crippen LogP contribution in [0.4, 0.5) is 0 Å². The maximum atomic E-state index is 12.8. The van der Waals surface area contributed by atoms with Crippen molar-refractivity contribution in [3.63, 3.8) is 0 Å². The number of rotatable bonds is 11. The quantitative estimate of drug-likeness (QED) is 0.539. The Bertz CT molecular complexity index is 1020. The third-order valence-corrected chi connectivity index (χ3v) is 6.75. The third kappa shape index (κ3) is 6.23. The summed E-state index contributed by atoms with van der Waals surface area (Å²) >= 11 is 0. The molecule has 0 aliphatic heterocycles. The number of carbonyl (C=O) groups excluding carboxylic acids is 1. The summed E-state index contributed by atoms with van der Waals surface area (Å²) in [5.74, 6) is 3.00. The van der Waals surface area contributed by atoms with E-state index in [1.165, 1.54) is 29.6 Å². The maximum Gasteiger partial charge on any atom is 0.255 e. The molecule has 0 spiro atoms. The van der Waals surface area contributed by atoms with E-state index in [0.717, 1.165) is 5.56 Å². The summed E-state index contributed by atoms with van der Waals surface area (Å²) in [6, 6.07) is 11.7. The smallest absolute Gasteiger partial charge is 0.255 e. The van der Waals surface area contributed by atoms with Crippen LogP contribution in [0, 0.1) is 12.3 Å². The zero-order valence-corrected chi connectivity index (χ0v) is 18.9. The lowest BCUT2D eigenvalue weighted by atomic mass is 10.1. The third-order valence-electron chi connectivity index (χ3n) is 4.70. The largest absolute Gasteiger partial charge is 0.496 e. The molecule has 0 radical (unpaired) electrons. The molecule has 0 aliphatic rings. The first-order chi connectivity index (χ1) is 14.9. The Balaban J connectivity index is 2.09. The Morgan fingerprint density at radius 3 is 2.39 bits per heavy atom. The van der Waals surface area contributed by atoms with E-state index in [1.54, 1.807) is 13.8 Å². The van der Waals surface area contributed by atoms with Crippen LogP contribution in [0.15, 0.2) is 47.4 Å². The average Bonchev–Trinajstić information content (AvgIpc) is 2.78. The van der Waals surface area contributed by atoms with Gasteiger partial charge in [0.05, 0.1) is 17.6 Å². The van der Waals surface area contributed by atoms with Gasteiger partial charge in [0.2, 0.25) is 10.0 Å². The molecule has 0 aromatic heterocycles. The van der Waals surface area contributed by atoms with Gasteiger partial charge in [0.25, 0.3) is 5.91 Å². The van der Waals surface area contributed by atoms with Crippen LogP contribution < -0.4 is 14.8 Å². The highest BCUT2D eigenvalue weighted by Gasteiger charge is 2.24. The van der Waals surface area contributed by atoms with Crippen molar-refractivity contribution in [2.75, 3.05) is 33.4 Å². The van der Waals surface area contributed by atoms with Gasteiger partial charge in [-0.05, 0) is 42.3 Å². The number of ether oxygens (including phenoxy) is 2. The summed E-state index contributed by atoms with van der Waals surface area (Å²) in [5.41, 5.74) is 1.19. The minimum atomic E-state index is -3.68. The molecule has 0 saturated heterocycles. The van der Waals surface area contributed by atoms with E-state index in [9.17, 15) is 13.2 Å². The Morgan fingerprint density at radius 1 is 1.13 bits per heavy atom. The second kappa shape index (κ2) is 11.4. The van der Waals surface area contributed by atoms with Crippen molar-refractivity contribution in [1.29, 1.82) is 0 Å². The molecule has 0 heterocycles. The van der Waals surface area contributed by atoms with E-state index in [4.69, 9.17) is 15.9 Å². The number of amides is 1. The van der Waals surface area contributed by atoms with Gasteiger partial charge in [-0.3, -0.25) is 4.79 Å². The lowest BCUT2D eigenvalue weighted by Gasteiger charge is -2.19. The molecule has 0 atom stereocenters. The van der Waals surface area contributed by atoms with Gasteiger partial charge < -0.3 is 14.8 Å². The van der Waals surface area contributed by atoms with Gasteiger partial charge >= 0.3 is 0 Å². The van der Waals surface area contributed by atoms with E-state index >= 15 is 0 Å². The summed E-state index contributed by atoms with van der Waals surface area (Å²) in [6.07, 6.45) is 5.77. The maximum absolute atomic E-state index is 12.8. The Kier molecular flexibility index (Phi) is 8.91. The van der Waals surface area contributed by atoms with Crippen molar-refractivity contribution >= 4 is 15.9 Å². The standard InChI is InChI=1S/C23H28N2O5S/c1-5-16-30-19-10-8-18(9-11-19)14-15-24-23(26)21-17-20(12-13-22(21)29-4)31(27,28)25(6-2)7-3/h1,8-13,17H,6-7,14-16H2,2-4H3,(H,24,26). The van der Waals surface area contributed by atoms with Gasteiger partial charge in [0.1, 0.15) is 18.1 Å². The van der Waals surface area contributed by atoms with Gasteiger partial charge in [-0.2, -0.15) is 4.31 Å². The van der Waals surface area contributed by atoms with Crippen molar-refractivity contribution < 1.29 is 22.7 Å². The molecule has 2 aromatic carbocycles. The molecule has 0 unspecified atom stereocenters. The van der Waals surface area contributed by atoms with Crippen molar-refractivity contribution in [1.82, 2.24) is 9.62 Å². The molecule has 1 N–H and O–H groups in total. The van der Waals surface area contributed by atoms with Crippen LogP contribution in [0.2, 0.25) is 0 Å². The summed E-state index contributed by atoms with van der Waals surface area (Å²) < 4.78 is 37.5. The van der Waals surface area contributed by atoms with Gasteiger partial charge in [-0.1, -0.05) is 31.9 Å². The summed E-state index contributed by atoms with van der Waals surface area (Å²) in [7, 11) is -2.24. The first kappa shape index (κ1) is 24.3. The van der Waals surface area contributed by atoms with E-state index in [2.05, 4.69) is 11.2 Å². The molecule has 2 rings (SSSR count). The predicted octanol–water partition coefficient (Wildman–Crippen LogP) is 2.71. The monoisotopic (exact) mass is 444 g/mol. The van der Waals surface area contributed by atoms with Crippen LogP contribution >= 0.6 is 0 Å². The van der Waals surface area contributed by atoms with Crippen LogP contribution in [0.25, 0.3) is 0 Å². The number of terminal acetylenes is 1. The first-order valence-corrected chi connectivity index (χ1v) is 11.4. The van der Waals surface area contributed by atoms with Crippen LogP contribution in [0.3, 0.4) is 0 Å². The van der Waals surface area contributed by atoms with Crippen molar-refractivity contribution in [3.05, 3.63) is 53.6 Å². The highest BCUT2D eigenvalue weighted by molar-refractivity contribution is 7.89. The summed E-state index contributed by atoms with van der Waals surface area (Å²) in [4.78, 5) is 12.8. The fourth-order valence-corrected chi connectivity index (χ4v) is 4.52. The molecule has 0 bridgehead atoms. The second-order valence-electron chi connectivity index (χ2n) is 6.59. The van der Waals surface area contributed by atoms with Gasteiger partial charge in [-0.25, -0.2) is 8.42 Å². The molecular weight excluding hydrogens is 416 g/mol. The molecule has 0 fully saturated rings. The number of benzene rings is 2. The van der Waals surface area contributed by atoms with E-state index in [-0.39, 0.29) is 17.1 Å². The number of hydrogen-bond donors (Lipinski definition) is 1. The number of methoxy groups -OCH3 is 1. The van der Waals surface area contributed by atoms with Crippen LogP contribution in [0.1, 0.15) is 29.8 Å². The molecule has 0 aliphatic carbocycles. The summed E-state index contributed by atoms with van der Waals surface area (Å²) in [5, 5.41) is 2.82. The van der Waals surface area contributed by atoms with Gasteiger partial charge in [0, 0.05) is 19.6 Å². The highest BCUT2D eigenvalue weighted by Crippen LogP contribution is 2.24. The zero-order valence-electron chi connectivity index (χ0n) is 18.1. The van der Waals surface area contributed by atoms with Crippen LogP contribution in [-0.4, -0.2) is 52.0 Å². The minimum absolute atomic E-state index is 0.0599. The van der Waals surface area contributed by atoms with E-state index < -0.39 is 15.9 Å². The molecule has 8 heteroatoms. The van der Waals surface area contributed by atoms with Crippen LogP contribution in [-0.2, 0) is 16.4 Å². The molecule has 31 heavy (non-hydrogen) atoms. The molecule has 7 nitrogen and oxygen atoms in total. The van der Waals surface area contributed by atoms with Crippen molar-refractivity contribution in [2.45, 2.75) is 25.2 Å². The fraction of sp³-hybridized carbons (Fsp3) is 0.348. The van der Waals surface area contributed by atoms with E-state index in [1.807, 2.05) is 24.3 Å². The first-order valence-electron chi connectivity index (χ1n) is 9.98. The SMILES string of the molecule is C#CCOc1ccc(CCNC(=O)c2cc(S(=O)(=O)N(CC)CC)ccc2OC)cc1. The number of carbonyl (C=O) groups is 1. The fourth-order valence-electron chi connectivity index (χ4n) is 3.03. The van der Waals surface area contributed by atoms with Crippen molar-refractivity contribution in [2.24, 2.45) is 0 Å². The molecule has 166 valence electrons. The van der Waals surface area contributed by atoms with Gasteiger partial charge in [-0.15, -0.1) is 6.42 Å². The minimum Gasteiger partial charge on any atom is -0.496 e. The molecule has 0 saturated carbocycles. The number of nitrogens with zero attached hydrogens (tertiary/aromatic N) is 1. The normalized spacial score (nSPS) is 11.1. The zero-order chi connectivity index (χ0) is 22.9. The predicted molar refractivity (Wildman–Crippen MR) is 120 cm³/mol. The second-order valence-corrected chi connectivity index (χ2v) is 8.53.